The Morgan fingerprint density at radius 3 is 1.49 bits per heavy atom. The van der Waals surface area contributed by atoms with E-state index in [1.165, 1.54) is 158 Å². The van der Waals surface area contributed by atoms with Gasteiger partial charge in [0, 0.05) is 13.0 Å². The molecule has 0 amide bonds. The Balaban J connectivity index is 2.12. The Kier molecular flexibility index (Phi) is 22.3. The van der Waals surface area contributed by atoms with Gasteiger partial charge in [0.05, 0.1) is 26.2 Å². The van der Waals surface area contributed by atoms with Gasteiger partial charge in [-0.15, -0.1) is 0 Å². The second-order valence-electron chi connectivity index (χ2n) is 11.6. The van der Waals surface area contributed by atoms with Gasteiger partial charge >= 0.3 is 0 Å². The van der Waals surface area contributed by atoms with E-state index in [-0.39, 0.29) is 0 Å². The van der Waals surface area contributed by atoms with Crippen LogP contribution in [0.2, 0.25) is 0 Å². The van der Waals surface area contributed by atoms with Gasteiger partial charge < -0.3 is 4.48 Å². The zero-order valence-corrected chi connectivity index (χ0v) is 25.8. The summed E-state index contributed by atoms with van der Waals surface area (Å²) >= 11 is 0. The van der Waals surface area contributed by atoms with Gasteiger partial charge in [-0.2, -0.15) is 0 Å². The molecule has 0 aliphatic heterocycles. The minimum absolute atomic E-state index is 1.10. The van der Waals surface area contributed by atoms with E-state index in [1.54, 1.807) is 0 Å². The maximum atomic E-state index is 2.70. The van der Waals surface area contributed by atoms with Crippen molar-refractivity contribution in [2.75, 3.05) is 39.3 Å². The van der Waals surface area contributed by atoms with E-state index >= 15 is 0 Å². The van der Waals surface area contributed by atoms with E-state index < -0.39 is 0 Å². The van der Waals surface area contributed by atoms with Crippen molar-refractivity contribution in [3.8, 4) is 0 Å². The minimum atomic E-state index is 1.10. The highest BCUT2D eigenvalue weighted by Gasteiger charge is 2.20. The third-order valence-corrected chi connectivity index (χ3v) is 8.76. The summed E-state index contributed by atoms with van der Waals surface area (Å²) in [5.74, 6) is 0. The van der Waals surface area contributed by atoms with Crippen molar-refractivity contribution in [1.82, 2.24) is 4.90 Å². The molecule has 0 aromatic heterocycles. The number of hydrogen-bond donors (Lipinski definition) is 0. The van der Waals surface area contributed by atoms with Crippen molar-refractivity contribution in [1.29, 1.82) is 0 Å². The summed E-state index contributed by atoms with van der Waals surface area (Å²) in [6, 6.07) is 11.1. The molecule has 1 rings (SSSR count). The van der Waals surface area contributed by atoms with Crippen LogP contribution >= 0.6 is 0 Å². The third-order valence-electron chi connectivity index (χ3n) is 8.76. The number of hydrogen-bond acceptors (Lipinski definition) is 1. The minimum Gasteiger partial charge on any atom is -0.324 e. The molecule has 215 valence electrons. The first kappa shape index (κ1) is 34.2. The molecule has 0 spiro atoms. The molecule has 0 N–H and O–H groups in total. The SMILES string of the molecule is CCCCCCCCCCCCCCCCCCN(CC[CH]C[N+](CC)(CC)CC)Cc1ccccc1. The van der Waals surface area contributed by atoms with Gasteiger partial charge in [0.15, 0.2) is 0 Å². The van der Waals surface area contributed by atoms with Gasteiger partial charge in [0.1, 0.15) is 0 Å². The molecule has 1 radical (unpaired) electrons. The monoisotopic (exact) mass is 515 g/mol. The average Bonchev–Trinajstić information content (AvgIpc) is 2.93. The zero-order valence-electron chi connectivity index (χ0n) is 25.8. The van der Waals surface area contributed by atoms with Gasteiger partial charge in [0.2, 0.25) is 0 Å². The average molecular weight is 515 g/mol. The van der Waals surface area contributed by atoms with E-state index in [0.29, 0.717) is 0 Å². The fraction of sp³-hybridized carbons (Fsp3) is 0.800. The molecule has 0 saturated heterocycles. The topological polar surface area (TPSA) is 3.24 Å². The summed E-state index contributed by atoms with van der Waals surface area (Å²) in [7, 11) is 0. The Bertz CT molecular complexity index is 572. The summed E-state index contributed by atoms with van der Waals surface area (Å²) in [5.41, 5.74) is 1.46. The second-order valence-corrected chi connectivity index (χ2v) is 11.6. The lowest BCUT2D eigenvalue weighted by Crippen LogP contribution is -2.48. The van der Waals surface area contributed by atoms with E-state index in [1.807, 2.05) is 0 Å². The molecule has 0 aliphatic rings. The van der Waals surface area contributed by atoms with Crippen molar-refractivity contribution in [2.45, 2.75) is 143 Å². The number of rotatable bonds is 27. The molecule has 0 saturated carbocycles. The highest BCUT2D eigenvalue weighted by Crippen LogP contribution is 2.15. The van der Waals surface area contributed by atoms with Crippen molar-refractivity contribution in [2.24, 2.45) is 0 Å². The van der Waals surface area contributed by atoms with Crippen LogP contribution in [0.4, 0.5) is 0 Å². The lowest BCUT2D eigenvalue weighted by atomic mass is 10.0. The van der Waals surface area contributed by atoms with Gasteiger partial charge in [0.25, 0.3) is 0 Å². The highest BCUT2D eigenvalue weighted by atomic mass is 15.3. The van der Waals surface area contributed by atoms with E-state index in [0.717, 1.165) is 6.54 Å². The van der Waals surface area contributed by atoms with Crippen LogP contribution in [0, 0.1) is 6.42 Å². The Morgan fingerprint density at radius 2 is 1.03 bits per heavy atom. The standard InChI is InChI=1S/C35H66N2/c1-5-9-10-11-12-13-14-15-16-17-18-19-20-21-22-26-31-36(34-35-29-24-23-25-30-35)32-27-28-33-37(6-2,7-3)8-4/h23-25,28-30H,5-22,26-27,31-34H2,1-4H3/q+1. The normalized spacial score (nSPS) is 12.0. The van der Waals surface area contributed by atoms with Crippen LogP contribution < -0.4 is 0 Å². The fourth-order valence-electron chi connectivity index (χ4n) is 5.69. The summed E-state index contributed by atoms with van der Waals surface area (Å²) in [6.07, 6.45) is 26.8. The molecule has 2 heteroatoms. The van der Waals surface area contributed by atoms with Gasteiger partial charge in [-0.05, 0) is 52.3 Å². The van der Waals surface area contributed by atoms with Crippen LogP contribution in [-0.4, -0.2) is 48.7 Å². The van der Waals surface area contributed by atoms with E-state index in [9.17, 15) is 0 Å². The Hall–Kier alpha value is -0.860. The Morgan fingerprint density at radius 1 is 0.568 bits per heavy atom. The zero-order chi connectivity index (χ0) is 26.9. The van der Waals surface area contributed by atoms with E-state index in [2.05, 4.69) is 69.3 Å². The molecule has 0 unspecified atom stereocenters. The van der Waals surface area contributed by atoms with Crippen LogP contribution in [0.3, 0.4) is 0 Å². The summed E-state index contributed by atoms with van der Waals surface area (Å²) < 4.78 is 1.23. The smallest absolute Gasteiger partial charge is 0.0820 e. The van der Waals surface area contributed by atoms with Crippen LogP contribution in [0.15, 0.2) is 30.3 Å². The van der Waals surface area contributed by atoms with E-state index in [4.69, 9.17) is 0 Å². The summed E-state index contributed by atoms with van der Waals surface area (Å²) in [5, 5.41) is 0. The molecule has 2 nitrogen and oxygen atoms in total. The van der Waals surface area contributed by atoms with Gasteiger partial charge in [-0.1, -0.05) is 134 Å². The number of benzene rings is 1. The molecular weight excluding hydrogens is 448 g/mol. The molecule has 1 aromatic carbocycles. The lowest BCUT2D eigenvalue weighted by Gasteiger charge is -2.36. The lowest BCUT2D eigenvalue weighted by molar-refractivity contribution is -0.919. The molecule has 0 atom stereocenters. The molecule has 37 heavy (non-hydrogen) atoms. The highest BCUT2D eigenvalue weighted by molar-refractivity contribution is 5.14. The number of quaternary nitrogens is 1. The molecule has 1 aromatic rings. The molecule has 0 bridgehead atoms. The quantitative estimate of drug-likeness (QED) is 0.0833. The maximum absolute atomic E-state index is 2.70. The largest absolute Gasteiger partial charge is 0.324 e. The van der Waals surface area contributed by atoms with Crippen molar-refractivity contribution in [3.63, 3.8) is 0 Å². The third kappa shape index (κ3) is 18.1. The van der Waals surface area contributed by atoms with Crippen molar-refractivity contribution < 1.29 is 4.48 Å². The van der Waals surface area contributed by atoms with Crippen LogP contribution in [0.25, 0.3) is 0 Å². The fourth-order valence-corrected chi connectivity index (χ4v) is 5.69. The second kappa shape index (κ2) is 24.2. The summed E-state index contributed by atoms with van der Waals surface area (Å²) in [6.45, 7) is 17.9. The van der Waals surface area contributed by atoms with Gasteiger partial charge in [-0.25, -0.2) is 0 Å². The number of unbranched alkanes of at least 4 members (excludes halogenated alkanes) is 16. The van der Waals surface area contributed by atoms with Crippen LogP contribution in [0.1, 0.15) is 142 Å². The first-order chi connectivity index (χ1) is 18.2. The number of nitrogens with zero attached hydrogens (tertiary/aromatic N) is 2. The molecular formula is C35H66N2+. The van der Waals surface area contributed by atoms with Crippen LogP contribution in [0.5, 0.6) is 0 Å². The molecule has 0 fully saturated rings. The van der Waals surface area contributed by atoms with Crippen molar-refractivity contribution in [3.05, 3.63) is 42.3 Å². The molecule has 0 aliphatic carbocycles. The van der Waals surface area contributed by atoms with Gasteiger partial charge in [-0.3, -0.25) is 4.90 Å². The predicted molar refractivity (Wildman–Crippen MR) is 167 cm³/mol. The predicted octanol–water partition coefficient (Wildman–Crippen LogP) is 10.2. The maximum Gasteiger partial charge on any atom is 0.0820 e. The first-order valence-electron chi connectivity index (χ1n) is 16.6. The molecule has 0 heterocycles. The van der Waals surface area contributed by atoms with Crippen molar-refractivity contribution >= 4 is 0 Å². The Labute approximate surface area is 234 Å². The first-order valence-corrected chi connectivity index (χ1v) is 16.6. The van der Waals surface area contributed by atoms with Crippen LogP contribution in [-0.2, 0) is 6.54 Å². The summed E-state index contributed by atoms with van der Waals surface area (Å²) in [4.78, 5) is 2.70.